The number of hydrogen-bond donors (Lipinski definition) is 1. The maximum absolute atomic E-state index is 11.7. The van der Waals surface area contributed by atoms with E-state index in [-0.39, 0.29) is 18.6 Å². The summed E-state index contributed by atoms with van der Waals surface area (Å²) >= 11 is 0. The second-order valence-corrected chi connectivity index (χ2v) is 6.19. The first-order valence-electron chi connectivity index (χ1n) is 7.68. The van der Waals surface area contributed by atoms with E-state index in [1.54, 1.807) is 0 Å². The first kappa shape index (κ1) is 15.8. The molecule has 0 bridgehead atoms. The quantitative estimate of drug-likeness (QED) is 0.798. The van der Waals surface area contributed by atoms with Gasteiger partial charge in [-0.25, -0.2) is 0 Å². The van der Waals surface area contributed by atoms with Crippen LogP contribution in [-0.4, -0.2) is 39.3 Å². The molecule has 0 heterocycles. The molecule has 1 atom stereocenters. The predicted octanol–water partition coefficient (Wildman–Crippen LogP) is 2.23. The number of anilines is 1. The van der Waals surface area contributed by atoms with Crippen LogP contribution < -0.4 is 10.2 Å². The van der Waals surface area contributed by atoms with E-state index >= 15 is 0 Å². The van der Waals surface area contributed by atoms with Gasteiger partial charge in [0.05, 0.1) is 6.61 Å². The Morgan fingerprint density at radius 3 is 2.57 bits per heavy atom. The third kappa shape index (κ3) is 5.76. The molecule has 0 aliphatic heterocycles. The highest BCUT2D eigenvalue weighted by molar-refractivity contribution is 5.77. The Morgan fingerprint density at radius 2 is 2.00 bits per heavy atom. The van der Waals surface area contributed by atoms with E-state index in [1.807, 2.05) is 21.0 Å². The molecule has 4 nitrogen and oxygen atoms in total. The Labute approximate surface area is 127 Å². The average molecular weight is 290 g/mol. The molecular formula is C17H26N2O2. The second-order valence-electron chi connectivity index (χ2n) is 6.19. The fourth-order valence-electron chi connectivity index (χ4n) is 2.25. The predicted molar refractivity (Wildman–Crippen MR) is 85.6 cm³/mol. The molecule has 1 fully saturated rings. The molecule has 4 heteroatoms. The zero-order valence-electron chi connectivity index (χ0n) is 13.3. The first-order valence-corrected chi connectivity index (χ1v) is 7.68. The Balaban J connectivity index is 1.69. The Bertz CT molecular complexity index is 452. The lowest BCUT2D eigenvalue weighted by atomic mass is 10.1. The van der Waals surface area contributed by atoms with Crippen LogP contribution >= 0.6 is 0 Å². The minimum Gasteiger partial charge on any atom is -0.378 e. The van der Waals surface area contributed by atoms with Crippen LogP contribution in [0.2, 0.25) is 0 Å². The lowest BCUT2D eigenvalue weighted by Gasteiger charge is -2.16. The molecule has 0 radical (unpaired) electrons. The van der Waals surface area contributed by atoms with Crippen LogP contribution in [0, 0.1) is 5.92 Å². The molecule has 1 saturated carbocycles. The molecule has 1 aliphatic carbocycles. The number of carbonyl (C=O) groups is 1. The van der Waals surface area contributed by atoms with Gasteiger partial charge in [0.25, 0.3) is 0 Å². The van der Waals surface area contributed by atoms with Gasteiger partial charge in [-0.1, -0.05) is 12.1 Å². The Hall–Kier alpha value is -1.55. The molecule has 1 aromatic carbocycles. The number of amides is 1. The largest absolute Gasteiger partial charge is 0.378 e. The van der Waals surface area contributed by atoms with Crippen LogP contribution in [0.5, 0.6) is 0 Å². The maximum Gasteiger partial charge on any atom is 0.246 e. The number of nitrogens with zero attached hydrogens (tertiary/aromatic N) is 1. The normalized spacial score (nSPS) is 15.6. The number of hydrogen-bond acceptors (Lipinski definition) is 3. The summed E-state index contributed by atoms with van der Waals surface area (Å²) < 4.78 is 5.39. The molecule has 1 aromatic rings. The number of ether oxygens (including phenoxy) is 1. The molecular weight excluding hydrogens is 264 g/mol. The lowest BCUT2D eigenvalue weighted by molar-refractivity contribution is -0.126. The third-order valence-electron chi connectivity index (χ3n) is 3.69. The smallest absolute Gasteiger partial charge is 0.246 e. The van der Waals surface area contributed by atoms with Crippen molar-refractivity contribution in [3.63, 3.8) is 0 Å². The van der Waals surface area contributed by atoms with Crippen molar-refractivity contribution in [2.75, 3.05) is 32.2 Å². The summed E-state index contributed by atoms with van der Waals surface area (Å²) in [5.74, 6) is 0.679. The van der Waals surface area contributed by atoms with Gasteiger partial charge in [-0.3, -0.25) is 4.79 Å². The SMILES string of the molecule is CC(Cc1ccc(N(C)C)cc1)NC(=O)COCC1CC1. The summed E-state index contributed by atoms with van der Waals surface area (Å²) in [4.78, 5) is 13.8. The van der Waals surface area contributed by atoms with Crippen molar-refractivity contribution in [3.05, 3.63) is 29.8 Å². The minimum absolute atomic E-state index is 0.0203. The number of carbonyl (C=O) groups excluding carboxylic acids is 1. The fourth-order valence-corrected chi connectivity index (χ4v) is 2.25. The van der Waals surface area contributed by atoms with Crippen molar-refractivity contribution in [3.8, 4) is 0 Å². The summed E-state index contributed by atoms with van der Waals surface area (Å²) in [5.41, 5.74) is 2.41. The van der Waals surface area contributed by atoms with E-state index in [0.29, 0.717) is 5.92 Å². The van der Waals surface area contributed by atoms with Crippen molar-refractivity contribution in [2.45, 2.75) is 32.2 Å². The van der Waals surface area contributed by atoms with Gasteiger partial charge < -0.3 is 15.0 Å². The van der Waals surface area contributed by atoms with E-state index in [4.69, 9.17) is 4.74 Å². The maximum atomic E-state index is 11.7. The van der Waals surface area contributed by atoms with Crippen LogP contribution in [0.1, 0.15) is 25.3 Å². The van der Waals surface area contributed by atoms with Crippen molar-refractivity contribution < 1.29 is 9.53 Å². The summed E-state index contributed by atoms with van der Waals surface area (Å²) in [5, 5.41) is 2.99. The van der Waals surface area contributed by atoms with Gasteiger partial charge in [-0.2, -0.15) is 0 Å². The number of benzene rings is 1. The van der Waals surface area contributed by atoms with Gasteiger partial charge in [-0.05, 0) is 49.8 Å². The molecule has 1 unspecified atom stereocenters. The van der Waals surface area contributed by atoms with E-state index in [0.717, 1.165) is 13.0 Å². The molecule has 116 valence electrons. The molecule has 2 rings (SSSR count). The fraction of sp³-hybridized carbons (Fsp3) is 0.588. The topological polar surface area (TPSA) is 41.6 Å². The van der Waals surface area contributed by atoms with E-state index in [2.05, 4.69) is 34.5 Å². The van der Waals surface area contributed by atoms with Crippen molar-refractivity contribution in [1.29, 1.82) is 0 Å². The highest BCUT2D eigenvalue weighted by Gasteiger charge is 2.21. The van der Waals surface area contributed by atoms with Crippen molar-refractivity contribution >= 4 is 11.6 Å². The van der Waals surface area contributed by atoms with Crippen molar-refractivity contribution in [2.24, 2.45) is 5.92 Å². The zero-order chi connectivity index (χ0) is 15.2. The Kier molecular flexibility index (Phi) is 5.62. The van der Waals surface area contributed by atoms with E-state index in [1.165, 1.54) is 24.1 Å². The van der Waals surface area contributed by atoms with Crippen LogP contribution in [0.15, 0.2) is 24.3 Å². The molecule has 1 N–H and O–H groups in total. The number of nitrogens with one attached hydrogen (secondary N) is 1. The summed E-state index contributed by atoms with van der Waals surface area (Å²) in [6, 6.07) is 8.54. The molecule has 0 aromatic heterocycles. The first-order chi connectivity index (χ1) is 10.0. The average Bonchev–Trinajstić information content (AvgIpc) is 3.23. The minimum atomic E-state index is -0.0203. The van der Waals surface area contributed by atoms with Crippen LogP contribution in [0.4, 0.5) is 5.69 Å². The van der Waals surface area contributed by atoms with Crippen LogP contribution in [0.3, 0.4) is 0 Å². The summed E-state index contributed by atoms with van der Waals surface area (Å²) in [6.07, 6.45) is 3.34. The zero-order valence-corrected chi connectivity index (χ0v) is 13.3. The summed E-state index contributed by atoms with van der Waals surface area (Å²) in [6.45, 7) is 2.94. The monoisotopic (exact) mass is 290 g/mol. The third-order valence-corrected chi connectivity index (χ3v) is 3.69. The van der Waals surface area contributed by atoms with Crippen LogP contribution in [0.25, 0.3) is 0 Å². The van der Waals surface area contributed by atoms with Gasteiger partial charge in [-0.15, -0.1) is 0 Å². The van der Waals surface area contributed by atoms with Gasteiger partial charge in [0.2, 0.25) is 5.91 Å². The highest BCUT2D eigenvalue weighted by Crippen LogP contribution is 2.28. The lowest BCUT2D eigenvalue weighted by Crippen LogP contribution is -2.36. The van der Waals surface area contributed by atoms with E-state index < -0.39 is 0 Å². The standard InChI is InChI=1S/C17H26N2O2/c1-13(18-17(20)12-21-11-15-4-5-15)10-14-6-8-16(9-7-14)19(2)3/h6-9,13,15H,4-5,10-12H2,1-3H3,(H,18,20). The van der Waals surface area contributed by atoms with Gasteiger partial charge in [0, 0.05) is 25.8 Å². The van der Waals surface area contributed by atoms with Gasteiger partial charge >= 0.3 is 0 Å². The van der Waals surface area contributed by atoms with Gasteiger partial charge in [0.15, 0.2) is 0 Å². The van der Waals surface area contributed by atoms with E-state index in [9.17, 15) is 4.79 Å². The van der Waals surface area contributed by atoms with Crippen molar-refractivity contribution in [1.82, 2.24) is 5.32 Å². The number of rotatable bonds is 8. The molecule has 1 amide bonds. The highest BCUT2D eigenvalue weighted by atomic mass is 16.5. The van der Waals surface area contributed by atoms with Gasteiger partial charge in [0.1, 0.15) is 6.61 Å². The van der Waals surface area contributed by atoms with Crippen LogP contribution in [-0.2, 0) is 16.0 Å². The summed E-state index contributed by atoms with van der Waals surface area (Å²) in [7, 11) is 4.05. The second kappa shape index (κ2) is 7.46. The Morgan fingerprint density at radius 1 is 1.33 bits per heavy atom. The molecule has 0 spiro atoms. The molecule has 1 aliphatic rings. The molecule has 21 heavy (non-hydrogen) atoms. The molecule has 0 saturated heterocycles.